The maximum Gasteiger partial charge on any atom is 0.231 e. The number of nitrogens with one attached hydrogen (secondary N) is 1. The van der Waals surface area contributed by atoms with E-state index in [0.29, 0.717) is 17.2 Å². The standard InChI is InChI=1S/C18H17FN2O4/c1-12(22)21(15-5-3-2-4-14(15)19)9-8-18(23)20-13-6-7-16-17(10-13)25-11-24-16/h2-7,10H,8-9,11H2,1H3,(H,20,23). The number of para-hydroxylation sites is 1. The predicted octanol–water partition coefficient (Wildman–Crippen LogP) is 2.94. The minimum Gasteiger partial charge on any atom is -0.454 e. The Kier molecular flexibility index (Phi) is 4.83. The van der Waals surface area contributed by atoms with Crippen LogP contribution in [0.2, 0.25) is 0 Å². The Hall–Kier alpha value is -3.09. The summed E-state index contributed by atoms with van der Waals surface area (Å²) < 4.78 is 24.3. The summed E-state index contributed by atoms with van der Waals surface area (Å²) in [6.07, 6.45) is 0.0301. The van der Waals surface area contributed by atoms with Gasteiger partial charge in [0.25, 0.3) is 0 Å². The Bertz CT molecular complexity index is 809. The quantitative estimate of drug-likeness (QED) is 0.905. The number of rotatable bonds is 5. The van der Waals surface area contributed by atoms with E-state index in [0.717, 1.165) is 0 Å². The molecule has 1 aliphatic rings. The van der Waals surface area contributed by atoms with E-state index in [1.165, 1.54) is 24.0 Å². The highest BCUT2D eigenvalue weighted by molar-refractivity contribution is 5.95. The number of hydrogen-bond donors (Lipinski definition) is 1. The van der Waals surface area contributed by atoms with Crippen molar-refractivity contribution >= 4 is 23.2 Å². The van der Waals surface area contributed by atoms with Gasteiger partial charge in [-0.1, -0.05) is 12.1 Å². The highest BCUT2D eigenvalue weighted by Crippen LogP contribution is 2.34. The van der Waals surface area contributed by atoms with Gasteiger partial charge in [0.15, 0.2) is 11.5 Å². The number of hydrogen-bond acceptors (Lipinski definition) is 4. The molecule has 2 aromatic rings. The zero-order valence-electron chi connectivity index (χ0n) is 13.6. The van der Waals surface area contributed by atoms with Gasteiger partial charge >= 0.3 is 0 Å². The maximum absolute atomic E-state index is 13.9. The van der Waals surface area contributed by atoms with E-state index in [1.807, 2.05) is 0 Å². The van der Waals surface area contributed by atoms with Gasteiger partial charge in [-0.25, -0.2) is 4.39 Å². The number of carbonyl (C=O) groups excluding carboxylic acids is 2. The van der Waals surface area contributed by atoms with Crippen LogP contribution in [0.25, 0.3) is 0 Å². The number of fused-ring (bicyclic) bond motifs is 1. The first-order valence-corrected chi connectivity index (χ1v) is 7.77. The first kappa shape index (κ1) is 16.8. The molecular formula is C18H17FN2O4. The Morgan fingerprint density at radius 3 is 2.68 bits per heavy atom. The number of carbonyl (C=O) groups is 2. The van der Waals surface area contributed by atoms with Crippen molar-refractivity contribution in [1.29, 1.82) is 0 Å². The van der Waals surface area contributed by atoms with Crippen molar-refractivity contribution in [3.05, 3.63) is 48.3 Å². The summed E-state index contributed by atoms with van der Waals surface area (Å²) in [5.41, 5.74) is 0.723. The Morgan fingerprint density at radius 1 is 1.16 bits per heavy atom. The molecule has 0 fully saturated rings. The summed E-state index contributed by atoms with van der Waals surface area (Å²) in [7, 11) is 0. The zero-order valence-corrected chi connectivity index (χ0v) is 13.6. The molecule has 0 saturated carbocycles. The monoisotopic (exact) mass is 344 g/mol. The first-order chi connectivity index (χ1) is 12.0. The molecule has 0 spiro atoms. The molecule has 2 aromatic carbocycles. The fraction of sp³-hybridized carbons (Fsp3) is 0.222. The van der Waals surface area contributed by atoms with Crippen molar-refractivity contribution in [3.8, 4) is 11.5 Å². The van der Waals surface area contributed by atoms with Crippen LogP contribution in [0, 0.1) is 5.82 Å². The smallest absolute Gasteiger partial charge is 0.231 e. The summed E-state index contributed by atoms with van der Waals surface area (Å²) in [5.74, 6) is 0.0612. The van der Waals surface area contributed by atoms with E-state index in [2.05, 4.69) is 5.32 Å². The van der Waals surface area contributed by atoms with E-state index in [9.17, 15) is 14.0 Å². The van der Waals surface area contributed by atoms with E-state index in [-0.39, 0.29) is 37.3 Å². The van der Waals surface area contributed by atoms with Crippen molar-refractivity contribution in [2.75, 3.05) is 23.6 Å². The minimum atomic E-state index is -0.506. The largest absolute Gasteiger partial charge is 0.454 e. The van der Waals surface area contributed by atoms with Gasteiger partial charge in [0.2, 0.25) is 18.6 Å². The van der Waals surface area contributed by atoms with Crippen molar-refractivity contribution in [2.45, 2.75) is 13.3 Å². The summed E-state index contributed by atoms with van der Waals surface area (Å²) in [6.45, 7) is 1.57. The van der Waals surface area contributed by atoms with Crippen molar-refractivity contribution in [2.24, 2.45) is 0 Å². The molecule has 0 aromatic heterocycles. The molecule has 1 aliphatic heterocycles. The van der Waals surface area contributed by atoms with Crippen molar-refractivity contribution in [1.82, 2.24) is 0 Å². The molecular weight excluding hydrogens is 327 g/mol. The lowest BCUT2D eigenvalue weighted by Gasteiger charge is -2.21. The number of halogens is 1. The van der Waals surface area contributed by atoms with Crippen LogP contribution in [0.1, 0.15) is 13.3 Å². The van der Waals surface area contributed by atoms with Crippen LogP contribution in [-0.2, 0) is 9.59 Å². The summed E-state index contributed by atoms with van der Waals surface area (Å²) in [6, 6.07) is 11.0. The highest BCUT2D eigenvalue weighted by atomic mass is 19.1. The molecule has 130 valence electrons. The zero-order chi connectivity index (χ0) is 17.8. The topological polar surface area (TPSA) is 67.9 Å². The lowest BCUT2D eigenvalue weighted by atomic mass is 10.2. The van der Waals surface area contributed by atoms with E-state index in [1.54, 1.807) is 30.3 Å². The third-order valence-electron chi connectivity index (χ3n) is 3.74. The molecule has 0 atom stereocenters. The summed E-state index contributed by atoms with van der Waals surface area (Å²) in [4.78, 5) is 25.2. The van der Waals surface area contributed by atoms with Crippen LogP contribution in [0.15, 0.2) is 42.5 Å². The molecule has 2 amide bonds. The molecule has 1 heterocycles. The van der Waals surface area contributed by atoms with Gasteiger partial charge in [-0.2, -0.15) is 0 Å². The Labute approximate surface area is 144 Å². The molecule has 3 rings (SSSR count). The number of ether oxygens (including phenoxy) is 2. The normalized spacial score (nSPS) is 11.9. The lowest BCUT2D eigenvalue weighted by molar-refractivity contribution is -0.117. The fourth-order valence-electron chi connectivity index (χ4n) is 2.53. The number of nitrogens with zero attached hydrogens (tertiary/aromatic N) is 1. The highest BCUT2D eigenvalue weighted by Gasteiger charge is 2.18. The molecule has 0 radical (unpaired) electrons. The average Bonchev–Trinajstić information content (AvgIpc) is 3.04. The molecule has 6 nitrogen and oxygen atoms in total. The molecule has 7 heteroatoms. The van der Waals surface area contributed by atoms with Crippen LogP contribution in [0.5, 0.6) is 11.5 Å². The van der Waals surface area contributed by atoms with Crippen LogP contribution in [0.3, 0.4) is 0 Å². The van der Waals surface area contributed by atoms with Gasteiger partial charge in [0.1, 0.15) is 5.82 Å². The van der Waals surface area contributed by atoms with Crippen LogP contribution < -0.4 is 19.7 Å². The van der Waals surface area contributed by atoms with E-state index in [4.69, 9.17) is 9.47 Å². The number of anilines is 2. The third kappa shape index (κ3) is 3.88. The van der Waals surface area contributed by atoms with Gasteiger partial charge in [0.05, 0.1) is 5.69 Å². The van der Waals surface area contributed by atoms with Gasteiger partial charge in [0, 0.05) is 31.6 Å². The van der Waals surface area contributed by atoms with Crippen LogP contribution >= 0.6 is 0 Å². The van der Waals surface area contributed by atoms with Crippen molar-refractivity contribution in [3.63, 3.8) is 0 Å². The number of amides is 2. The Balaban J connectivity index is 1.62. The van der Waals surface area contributed by atoms with Crippen molar-refractivity contribution < 1.29 is 23.5 Å². The molecule has 1 N–H and O–H groups in total. The van der Waals surface area contributed by atoms with Crippen LogP contribution in [-0.4, -0.2) is 25.2 Å². The Morgan fingerprint density at radius 2 is 1.92 bits per heavy atom. The summed E-state index contributed by atoms with van der Waals surface area (Å²) in [5, 5.41) is 2.73. The second-order valence-electron chi connectivity index (χ2n) is 5.49. The maximum atomic E-state index is 13.9. The third-order valence-corrected chi connectivity index (χ3v) is 3.74. The van der Waals surface area contributed by atoms with Crippen LogP contribution in [0.4, 0.5) is 15.8 Å². The van der Waals surface area contributed by atoms with E-state index >= 15 is 0 Å². The summed E-state index contributed by atoms with van der Waals surface area (Å²) >= 11 is 0. The first-order valence-electron chi connectivity index (χ1n) is 7.77. The fourth-order valence-corrected chi connectivity index (χ4v) is 2.53. The predicted molar refractivity (Wildman–Crippen MR) is 90.2 cm³/mol. The second-order valence-corrected chi connectivity index (χ2v) is 5.49. The molecule has 0 saturated heterocycles. The van der Waals surface area contributed by atoms with Gasteiger partial charge in [-0.15, -0.1) is 0 Å². The molecule has 0 bridgehead atoms. The second kappa shape index (κ2) is 7.21. The van der Waals surface area contributed by atoms with Gasteiger partial charge in [-0.05, 0) is 24.3 Å². The van der Waals surface area contributed by atoms with Gasteiger partial charge < -0.3 is 19.7 Å². The van der Waals surface area contributed by atoms with Gasteiger partial charge in [-0.3, -0.25) is 9.59 Å². The molecule has 25 heavy (non-hydrogen) atoms. The minimum absolute atomic E-state index is 0.0301. The van der Waals surface area contributed by atoms with E-state index < -0.39 is 5.82 Å². The molecule has 0 aliphatic carbocycles. The number of benzene rings is 2. The average molecular weight is 344 g/mol. The molecule has 0 unspecified atom stereocenters. The lowest BCUT2D eigenvalue weighted by Crippen LogP contribution is -2.32. The SMILES string of the molecule is CC(=O)N(CCC(=O)Nc1ccc2c(c1)OCO2)c1ccccc1F.